The minimum Gasteiger partial charge on any atom is -0.452 e. The molecule has 7 nitrogen and oxygen atoms in total. The molecule has 1 aliphatic heterocycles. The van der Waals surface area contributed by atoms with Crippen LogP contribution in [0.15, 0.2) is 0 Å². The van der Waals surface area contributed by atoms with Crippen LogP contribution in [0.3, 0.4) is 0 Å². The zero-order valence-corrected chi connectivity index (χ0v) is 11.1. The Morgan fingerprint density at radius 3 is 2.94 bits per heavy atom. The van der Waals surface area contributed by atoms with Gasteiger partial charge in [0.1, 0.15) is 0 Å². The fraction of sp³-hybridized carbons (Fsp3) is 0.857. The van der Waals surface area contributed by atoms with Gasteiger partial charge in [-0.1, -0.05) is 15.9 Å². The molecule has 0 radical (unpaired) electrons. The van der Waals surface area contributed by atoms with Crippen molar-refractivity contribution in [2.45, 2.75) is 6.04 Å². The van der Waals surface area contributed by atoms with Crippen molar-refractivity contribution in [2.75, 3.05) is 32.2 Å². The number of carbonyl (C=O) groups excluding carboxylic acids is 1. The van der Waals surface area contributed by atoms with Crippen LogP contribution in [0.1, 0.15) is 0 Å². The Hall–Kier alpha value is -0.380. The molecule has 0 aromatic rings. The van der Waals surface area contributed by atoms with E-state index in [4.69, 9.17) is 4.74 Å². The first kappa shape index (κ1) is 13.7. The summed E-state index contributed by atoms with van der Waals surface area (Å²) < 4.78 is 35.9. The van der Waals surface area contributed by atoms with Gasteiger partial charge in [-0.3, -0.25) is 0 Å². The summed E-state index contributed by atoms with van der Waals surface area (Å²) in [6.45, 7) is 0.821. The number of methoxy groups -OCH3 is 1. The van der Waals surface area contributed by atoms with Crippen LogP contribution in [-0.4, -0.2) is 57.1 Å². The van der Waals surface area contributed by atoms with Gasteiger partial charge in [-0.05, 0) is 0 Å². The van der Waals surface area contributed by atoms with Crippen molar-refractivity contribution < 1.29 is 22.7 Å². The molecule has 1 aliphatic rings. The standard InChI is InChI=1S/C7H13BrN2O5S/c1-14-7(11)9-16(12,13)10-2-3-15-5-6(10)4-8/h6H,2-5H2,1H3,(H,9,11). The minimum atomic E-state index is -3.86. The van der Waals surface area contributed by atoms with Crippen molar-refractivity contribution >= 4 is 32.2 Å². The zero-order chi connectivity index (χ0) is 12.2. The Kier molecular flexibility index (Phi) is 4.96. The average Bonchev–Trinajstić information content (AvgIpc) is 2.28. The summed E-state index contributed by atoms with van der Waals surface area (Å²) in [5.41, 5.74) is 0. The molecule has 1 rings (SSSR count). The number of nitrogens with zero attached hydrogens (tertiary/aromatic N) is 1. The van der Waals surface area contributed by atoms with E-state index in [1.54, 1.807) is 4.72 Å². The molecule has 1 heterocycles. The van der Waals surface area contributed by atoms with E-state index in [1.165, 1.54) is 4.31 Å². The Labute approximate surface area is 102 Å². The number of morpholine rings is 1. The summed E-state index contributed by atoms with van der Waals surface area (Å²) in [7, 11) is -2.75. The molecule has 16 heavy (non-hydrogen) atoms. The number of nitrogens with one attached hydrogen (secondary N) is 1. The van der Waals surface area contributed by atoms with E-state index < -0.39 is 16.3 Å². The quantitative estimate of drug-likeness (QED) is 0.721. The molecular formula is C7H13BrN2O5S. The number of rotatable bonds is 3. The summed E-state index contributed by atoms with van der Waals surface area (Å²) in [6, 6.07) is -0.323. The van der Waals surface area contributed by atoms with Gasteiger partial charge in [-0.2, -0.15) is 12.7 Å². The van der Waals surface area contributed by atoms with Crippen molar-refractivity contribution in [3.05, 3.63) is 0 Å². The molecule has 1 amide bonds. The lowest BCUT2D eigenvalue weighted by atomic mass is 10.3. The highest BCUT2D eigenvalue weighted by Crippen LogP contribution is 2.13. The van der Waals surface area contributed by atoms with E-state index in [0.717, 1.165) is 7.11 Å². The number of ether oxygens (including phenoxy) is 2. The topological polar surface area (TPSA) is 84.9 Å². The first-order valence-electron chi connectivity index (χ1n) is 4.52. The van der Waals surface area contributed by atoms with Crippen LogP contribution >= 0.6 is 15.9 Å². The molecule has 1 unspecified atom stereocenters. The monoisotopic (exact) mass is 316 g/mol. The van der Waals surface area contributed by atoms with Crippen molar-refractivity contribution in [3.63, 3.8) is 0 Å². The average molecular weight is 317 g/mol. The van der Waals surface area contributed by atoms with Gasteiger partial charge in [0.25, 0.3) is 0 Å². The van der Waals surface area contributed by atoms with Crippen molar-refractivity contribution in [3.8, 4) is 0 Å². The van der Waals surface area contributed by atoms with Crippen LogP contribution in [0.2, 0.25) is 0 Å². The predicted molar refractivity (Wildman–Crippen MR) is 59.6 cm³/mol. The molecule has 0 saturated carbocycles. The molecule has 1 N–H and O–H groups in total. The first-order valence-corrected chi connectivity index (χ1v) is 7.08. The normalized spacial score (nSPS) is 22.8. The molecule has 94 valence electrons. The molecule has 1 fully saturated rings. The Morgan fingerprint density at radius 1 is 1.69 bits per heavy atom. The van der Waals surface area contributed by atoms with Crippen LogP contribution in [0, 0.1) is 0 Å². The maximum atomic E-state index is 11.8. The van der Waals surface area contributed by atoms with E-state index in [2.05, 4.69) is 20.7 Å². The highest BCUT2D eigenvalue weighted by molar-refractivity contribution is 9.09. The lowest BCUT2D eigenvalue weighted by Gasteiger charge is -2.32. The van der Waals surface area contributed by atoms with Gasteiger partial charge in [0.05, 0.1) is 26.4 Å². The van der Waals surface area contributed by atoms with Gasteiger partial charge in [0.2, 0.25) is 0 Å². The summed E-state index contributed by atoms with van der Waals surface area (Å²) >= 11 is 3.20. The zero-order valence-electron chi connectivity index (χ0n) is 8.68. The van der Waals surface area contributed by atoms with E-state index in [9.17, 15) is 13.2 Å². The highest BCUT2D eigenvalue weighted by Gasteiger charge is 2.33. The number of halogens is 1. The van der Waals surface area contributed by atoms with E-state index in [1.807, 2.05) is 0 Å². The van der Waals surface area contributed by atoms with Gasteiger partial charge < -0.3 is 9.47 Å². The van der Waals surface area contributed by atoms with E-state index in [-0.39, 0.29) is 12.6 Å². The molecule has 0 spiro atoms. The second kappa shape index (κ2) is 5.80. The van der Waals surface area contributed by atoms with Crippen molar-refractivity contribution in [2.24, 2.45) is 0 Å². The smallest absolute Gasteiger partial charge is 0.421 e. The summed E-state index contributed by atoms with van der Waals surface area (Å²) in [6.07, 6.45) is -1.00. The molecule has 1 atom stereocenters. The Morgan fingerprint density at radius 2 is 2.38 bits per heavy atom. The summed E-state index contributed by atoms with van der Waals surface area (Å²) in [4.78, 5) is 10.9. The molecule has 0 aromatic heterocycles. The third-order valence-electron chi connectivity index (χ3n) is 2.06. The molecule has 9 heteroatoms. The number of amides is 1. The largest absolute Gasteiger partial charge is 0.452 e. The lowest BCUT2D eigenvalue weighted by molar-refractivity contribution is 0.0407. The summed E-state index contributed by atoms with van der Waals surface area (Å²) in [5, 5.41) is 0.440. The number of hydrogen-bond acceptors (Lipinski definition) is 5. The minimum absolute atomic E-state index is 0.211. The lowest BCUT2D eigenvalue weighted by Crippen LogP contribution is -2.54. The number of alkyl halides is 1. The maximum Gasteiger partial charge on any atom is 0.421 e. The molecule has 0 aromatic carbocycles. The van der Waals surface area contributed by atoms with E-state index in [0.29, 0.717) is 18.5 Å². The third kappa shape index (κ3) is 3.30. The second-order valence-electron chi connectivity index (χ2n) is 3.09. The predicted octanol–water partition coefficient (Wildman–Crippen LogP) is -0.317. The molecular weight excluding hydrogens is 304 g/mol. The molecule has 1 saturated heterocycles. The second-order valence-corrected chi connectivity index (χ2v) is 5.36. The maximum absolute atomic E-state index is 11.8. The highest BCUT2D eigenvalue weighted by atomic mass is 79.9. The van der Waals surface area contributed by atoms with Gasteiger partial charge in [0.15, 0.2) is 0 Å². The van der Waals surface area contributed by atoms with Crippen molar-refractivity contribution in [1.82, 2.24) is 9.03 Å². The molecule has 0 aliphatic carbocycles. The van der Waals surface area contributed by atoms with Crippen molar-refractivity contribution in [1.29, 1.82) is 0 Å². The van der Waals surface area contributed by atoms with E-state index >= 15 is 0 Å². The van der Waals surface area contributed by atoms with Crippen LogP contribution in [0.25, 0.3) is 0 Å². The van der Waals surface area contributed by atoms with Gasteiger partial charge >= 0.3 is 16.3 Å². The number of carbonyl (C=O) groups is 1. The van der Waals surface area contributed by atoms with Gasteiger partial charge in [-0.25, -0.2) is 9.52 Å². The van der Waals surface area contributed by atoms with Crippen LogP contribution in [0.4, 0.5) is 4.79 Å². The molecule has 0 bridgehead atoms. The third-order valence-corrected chi connectivity index (χ3v) is 4.33. The fourth-order valence-corrected chi connectivity index (χ4v) is 3.27. The van der Waals surface area contributed by atoms with Crippen LogP contribution in [0.5, 0.6) is 0 Å². The van der Waals surface area contributed by atoms with Gasteiger partial charge in [0, 0.05) is 11.9 Å². The Bertz CT molecular complexity index is 347. The Balaban J connectivity index is 2.76. The first-order chi connectivity index (χ1) is 7.51. The fourth-order valence-electron chi connectivity index (χ4n) is 1.28. The number of hydrogen-bond donors (Lipinski definition) is 1. The van der Waals surface area contributed by atoms with Crippen LogP contribution in [-0.2, 0) is 19.7 Å². The summed E-state index contributed by atoms with van der Waals surface area (Å²) in [5.74, 6) is 0. The SMILES string of the molecule is COC(=O)NS(=O)(=O)N1CCOCC1CBr. The van der Waals surface area contributed by atoms with Gasteiger partial charge in [-0.15, -0.1) is 0 Å². The van der Waals surface area contributed by atoms with Crippen LogP contribution < -0.4 is 4.72 Å².